The Labute approximate surface area is 108 Å². The van der Waals surface area contributed by atoms with Crippen molar-refractivity contribution < 1.29 is 9.90 Å². The quantitative estimate of drug-likeness (QED) is 0.684. The van der Waals surface area contributed by atoms with E-state index in [0.717, 1.165) is 37.9 Å². The van der Waals surface area contributed by atoms with Gasteiger partial charge in [-0.25, -0.2) is 9.97 Å². The summed E-state index contributed by atoms with van der Waals surface area (Å²) in [6, 6.07) is 0. The SMILES string of the molecule is Cc1ncc(CCCCCCCCC(=O)O)cn1. The zero-order valence-electron chi connectivity index (χ0n) is 11.1. The predicted octanol–water partition coefficient (Wildman–Crippen LogP) is 3.14. The molecule has 1 N–H and O–H groups in total. The maximum atomic E-state index is 10.3. The molecule has 1 aromatic heterocycles. The second-order valence-corrected chi connectivity index (χ2v) is 4.65. The molecule has 0 saturated heterocycles. The topological polar surface area (TPSA) is 63.1 Å². The molecule has 0 aliphatic carbocycles. The molecule has 0 radical (unpaired) electrons. The smallest absolute Gasteiger partial charge is 0.303 e. The third-order valence-electron chi connectivity index (χ3n) is 2.94. The number of carboxylic acid groups (broad SMARTS) is 1. The number of aryl methyl sites for hydroxylation is 2. The van der Waals surface area contributed by atoms with Gasteiger partial charge >= 0.3 is 5.97 Å². The van der Waals surface area contributed by atoms with Crippen LogP contribution in [0.25, 0.3) is 0 Å². The van der Waals surface area contributed by atoms with E-state index in [0.29, 0.717) is 6.42 Å². The minimum absolute atomic E-state index is 0.306. The fraction of sp³-hybridized carbons (Fsp3) is 0.643. The lowest BCUT2D eigenvalue weighted by molar-refractivity contribution is -0.137. The van der Waals surface area contributed by atoms with Crippen molar-refractivity contribution in [1.29, 1.82) is 0 Å². The molecule has 0 aliphatic heterocycles. The van der Waals surface area contributed by atoms with Crippen LogP contribution in [0.15, 0.2) is 12.4 Å². The molecule has 4 heteroatoms. The number of unbranched alkanes of at least 4 members (excludes halogenated alkanes) is 5. The Kier molecular flexibility index (Phi) is 6.99. The van der Waals surface area contributed by atoms with Gasteiger partial charge in [0.2, 0.25) is 0 Å². The first-order valence-electron chi connectivity index (χ1n) is 6.68. The van der Waals surface area contributed by atoms with E-state index >= 15 is 0 Å². The Hall–Kier alpha value is -1.45. The van der Waals surface area contributed by atoms with Gasteiger partial charge in [-0.15, -0.1) is 0 Å². The van der Waals surface area contributed by atoms with Crippen LogP contribution >= 0.6 is 0 Å². The van der Waals surface area contributed by atoms with Gasteiger partial charge in [-0.05, 0) is 31.7 Å². The maximum Gasteiger partial charge on any atom is 0.303 e. The normalized spacial score (nSPS) is 10.5. The lowest BCUT2D eigenvalue weighted by atomic mass is 10.1. The maximum absolute atomic E-state index is 10.3. The van der Waals surface area contributed by atoms with Crippen LogP contribution in [0, 0.1) is 6.92 Å². The number of nitrogens with zero attached hydrogens (tertiary/aromatic N) is 2. The largest absolute Gasteiger partial charge is 0.481 e. The Morgan fingerprint density at radius 2 is 1.61 bits per heavy atom. The van der Waals surface area contributed by atoms with Crippen LogP contribution in [0.1, 0.15) is 56.3 Å². The van der Waals surface area contributed by atoms with Crippen molar-refractivity contribution in [2.75, 3.05) is 0 Å². The second kappa shape index (κ2) is 8.61. The van der Waals surface area contributed by atoms with E-state index in [1.165, 1.54) is 18.4 Å². The minimum atomic E-state index is -0.686. The summed E-state index contributed by atoms with van der Waals surface area (Å²) in [5.41, 5.74) is 1.20. The zero-order chi connectivity index (χ0) is 13.2. The molecule has 0 fully saturated rings. The number of aliphatic carboxylic acids is 1. The van der Waals surface area contributed by atoms with Crippen LogP contribution in [-0.4, -0.2) is 21.0 Å². The highest BCUT2D eigenvalue weighted by Gasteiger charge is 1.98. The van der Waals surface area contributed by atoms with Crippen LogP contribution < -0.4 is 0 Å². The van der Waals surface area contributed by atoms with E-state index in [2.05, 4.69) is 9.97 Å². The Morgan fingerprint density at radius 1 is 1.06 bits per heavy atom. The number of carboxylic acids is 1. The van der Waals surface area contributed by atoms with Gasteiger partial charge < -0.3 is 5.11 Å². The van der Waals surface area contributed by atoms with Crippen LogP contribution in [-0.2, 0) is 11.2 Å². The molecule has 1 heterocycles. The van der Waals surface area contributed by atoms with E-state index in [1.54, 1.807) is 0 Å². The standard InChI is InChI=1S/C14H22N2O2/c1-12-15-10-13(11-16-12)8-6-4-2-3-5-7-9-14(17)18/h10-11H,2-9H2,1H3,(H,17,18). The second-order valence-electron chi connectivity index (χ2n) is 4.65. The highest BCUT2D eigenvalue weighted by Crippen LogP contribution is 2.09. The summed E-state index contributed by atoms with van der Waals surface area (Å²) >= 11 is 0. The number of carbonyl (C=O) groups is 1. The lowest BCUT2D eigenvalue weighted by Gasteiger charge is -2.02. The van der Waals surface area contributed by atoms with E-state index in [1.807, 2.05) is 19.3 Å². The van der Waals surface area contributed by atoms with Gasteiger partial charge in [0.05, 0.1) is 0 Å². The number of hydrogen-bond acceptors (Lipinski definition) is 3. The first-order chi connectivity index (χ1) is 8.68. The average molecular weight is 250 g/mol. The minimum Gasteiger partial charge on any atom is -0.481 e. The molecule has 1 rings (SSSR count). The number of rotatable bonds is 9. The molecule has 0 amide bonds. The fourth-order valence-corrected chi connectivity index (χ4v) is 1.86. The first kappa shape index (κ1) is 14.6. The number of hydrogen-bond donors (Lipinski definition) is 1. The molecular weight excluding hydrogens is 228 g/mol. The monoisotopic (exact) mass is 250 g/mol. The third kappa shape index (κ3) is 6.99. The van der Waals surface area contributed by atoms with Crippen LogP contribution in [0.2, 0.25) is 0 Å². The van der Waals surface area contributed by atoms with Gasteiger partial charge in [-0.1, -0.05) is 25.7 Å². The van der Waals surface area contributed by atoms with E-state index in [-0.39, 0.29) is 0 Å². The Bertz CT molecular complexity index is 349. The summed E-state index contributed by atoms with van der Waals surface area (Å²) in [6.45, 7) is 1.89. The van der Waals surface area contributed by atoms with Crippen LogP contribution in [0.4, 0.5) is 0 Å². The molecule has 0 unspecified atom stereocenters. The molecule has 0 spiro atoms. The Balaban J connectivity index is 1.95. The van der Waals surface area contributed by atoms with Crippen molar-refractivity contribution >= 4 is 5.97 Å². The lowest BCUT2D eigenvalue weighted by Crippen LogP contribution is -1.94. The van der Waals surface area contributed by atoms with Gasteiger partial charge in [0.15, 0.2) is 0 Å². The van der Waals surface area contributed by atoms with Gasteiger partial charge in [0, 0.05) is 18.8 Å². The van der Waals surface area contributed by atoms with Crippen molar-refractivity contribution in [1.82, 2.24) is 9.97 Å². The fourth-order valence-electron chi connectivity index (χ4n) is 1.86. The van der Waals surface area contributed by atoms with Gasteiger partial charge in [-0.3, -0.25) is 4.79 Å². The van der Waals surface area contributed by atoms with Gasteiger partial charge in [0.1, 0.15) is 5.82 Å². The van der Waals surface area contributed by atoms with Crippen molar-refractivity contribution in [3.63, 3.8) is 0 Å². The van der Waals surface area contributed by atoms with Gasteiger partial charge in [-0.2, -0.15) is 0 Å². The average Bonchev–Trinajstić information content (AvgIpc) is 2.34. The number of aromatic nitrogens is 2. The molecule has 0 aliphatic rings. The molecule has 0 aromatic carbocycles. The third-order valence-corrected chi connectivity index (χ3v) is 2.94. The summed E-state index contributed by atoms with van der Waals surface area (Å²) in [5, 5.41) is 8.49. The Morgan fingerprint density at radius 3 is 2.22 bits per heavy atom. The molecule has 0 saturated carbocycles. The first-order valence-corrected chi connectivity index (χ1v) is 6.68. The predicted molar refractivity (Wildman–Crippen MR) is 70.4 cm³/mol. The molecule has 100 valence electrons. The van der Waals surface area contributed by atoms with E-state index < -0.39 is 5.97 Å². The van der Waals surface area contributed by atoms with Crippen LogP contribution in [0.3, 0.4) is 0 Å². The van der Waals surface area contributed by atoms with Gasteiger partial charge in [0.25, 0.3) is 0 Å². The molecule has 0 atom stereocenters. The zero-order valence-corrected chi connectivity index (χ0v) is 11.1. The summed E-state index contributed by atoms with van der Waals surface area (Å²) in [6.07, 6.45) is 11.7. The van der Waals surface area contributed by atoms with Crippen LogP contribution in [0.5, 0.6) is 0 Å². The highest BCUT2D eigenvalue weighted by molar-refractivity contribution is 5.66. The summed E-state index contributed by atoms with van der Waals surface area (Å²) in [7, 11) is 0. The van der Waals surface area contributed by atoms with Crippen molar-refractivity contribution in [2.24, 2.45) is 0 Å². The van der Waals surface area contributed by atoms with Crippen molar-refractivity contribution in [3.05, 3.63) is 23.8 Å². The molecule has 18 heavy (non-hydrogen) atoms. The molecular formula is C14H22N2O2. The van der Waals surface area contributed by atoms with Crippen molar-refractivity contribution in [3.8, 4) is 0 Å². The summed E-state index contributed by atoms with van der Waals surface area (Å²) < 4.78 is 0. The highest BCUT2D eigenvalue weighted by atomic mass is 16.4. The molecule has 1 aromatic rings. The summed E-state index contributed by atoms with van der Waals surface area (Å²) in [5.74, 6) is 0.131. The summed E-state index contributed by atoms with van der Waals surface area (Å²) in [4.78, 5) is 18.6. The molecule has 4 nitrogen and oxygen atoms in total. The molecule has 0 bridgehead atoms. The van der Waals surface area contributed by atoms with E-state index in [4.69, 9.17) is 5.11 Å². The van der Waals surface area contributed by atoms with Crippen molar-refractivity contribution in [2.45, 2.75) is 58.3 Å². The van der Waals surface area contributed by atoms with E-state index in [9.17, 15) is 4.79 Å².